The number of aryl methyl sites for hydroxylation is 1. The Labute approximate surface area is 172 Å². The maximum Gasteiger partial charge on any atom is 0.311 e. The fourth-order valence-corrected chi connectivity index (χ4v) is 5.27. The number of likely N-dealkylation sites (tertiary alicyclic amines) is 1. The van der Waals surface area contributed by atoms with E-state index in [0.29, 0.717) is 24.3 Å². The molecule has 10 heteroatoms. The Morgan fingerprint density at radius 2 is 1.86 bits per heavy atom. The Kier molecular flexibility index (Phi) is 5.37. The van der Waals surface area contributed by atoms with Gasteiger partial charge in [0.2, 0.25) is 5.89 Å². The number of amides is 1. The molecule has 1 saturated heterocycles. The van der Waals surface area contributed by atoms with Gasteiger partial charge in [0.15, 0.2) is 0 Å². The summed E-state index contributed by atoms with van der Waals surface area (Å²) in [6, 6.07) is 8.54. The summed E-state index contributed by atoms with van der Waals surface area (Å²) in [5.74, 6) is -0.235. The van der Waals surface area contributed by atoms with E-state index in [0.717, 1.165) is 36.2 Å². The fourth-order valence-electron chi connectivity index (χ4n) is 3.06. The van der Waals surface area contributed by atoms with Gasteiger partial charge < -0.3 is 9.32 Å². The molecular formula is C19H20N4O4S2. The van der Waals surface area contributed by atoms with Gasteiger partial charge in [-0.15, -0.1) is 21.5 Å². The van der Waals surface area contributed by atoms with Crippen molar-refractivity contribution >= 4 is 33.0 Å². The van der Waals surface area contributed by atoms with Gasteiger partial charge in [0.1, 0.15) is 4.21 Å². The van der Waals surface area contributed by atoms with Crippen LogP contribution in [0.1, 0.15) is 35.5 Å². The van der Waals surface area contributed by atoms with Crippen molar-refractivity contribution in [1.29, 1.82) is 0 Å². The lowest BCUT2D eigenvalue weighted by Crippen LogP contribution is -2.35. The highest BCUT2D eigenvalue weighted by Crippen LogP contribution is 2.29. The minimum absolute atomic E-state index is 0.0738. The van der Waals surface area contributed by atoms with Crippen molar-refractivity contribution in [2.45, 2.75) is 30.4 Å². The Bertz CT molecular complexity index is 1110. The molecule has 1 aliphatic heterocycles. The first-order valence-corrected chi connectivity index (χ1v) is 11.6. The highest BCUT2D eigenvalue weighted by Gasteiger charge is 2.25. The molecule has 0 bridgehead atoms. The molecule has 3 aromatic rings. The molecule has 29 heavy (non-hydrogen) atoms. The molecule has 0 unspecified atom stereocenters. The lowest BCUT2D eigenvalue weighted by atomic mass is 10.1. The van der Waals surface area contributed by atoms with Gasteiger partial charge in [0.05, 0.1) is 5.56 Å². The van der Waals surface area contributed by atoms with Gasteiger partial charge in [0, 0.05) is 24.2 Å². The van der Waals surface area contributed by atoms with Gasteiger partial charge in [0.25, 0.3) is 10.0 Å². The van der Waals surface area contributed by atoms with Crippen LogP contribution in [-0.2, 0) is 10.0 Å². The molecule has 1 amide bonds. The van der Waals surface area contributed by atoms with Gasteiger partial charge in [-0.05, 0) is 44.4 Å². The van der Waals surface area contributed by atoms with Gasteiger partial charge >= 0.3 is 11.8 Å². The zero-order chi connectivity index (χ0) is 20.4. The van der Waals surface area contributed by atoms with Crippen LogP contribution in [0.15, 0.2) is 44.3 Å². The summed E-state index contributed by atoms with van der Waals surface area (Å²) in [7, 11) is -3.74. The monoisotopic (exact) mass is 432 g/mol. The van der Waals surface area contributed by atoms with Crippen LogP contribution in [0, 0.1) is 6.92 Å². The van der Waals surface area contributed by atoms with Crippen molar-refractivity contribution in [2.24, 2.45) is 0 Å². The highest BCUT2D eigenvalue weighted by molar-refractivity contribution is 7.94. The first-order valence-electron chi connectivity index (χ1n) is 9.23. The number of sulfonamides is 1. The lowest BCUT2D eigenvalue weighted by Gasteiger charge is -2.24. The molecule has 0 atom stereocenters. The molecule has 0 radical (unpaired) electrons. The molecule has 152 valence electrons. The van der Waals surface area contributed by atoms with E-state index in [1.54, 1.807) is 22.4 Å². The van der Waals surface area contributed by atoms with E-state index >= 15 is 0 Å². The number of thiophene rings is 1. The quantitative estimate of drug-likeness (QED) is 0.661. The van der Waals surface area contributed by atoms with E-state index in [1.807, 2.05) is 19.1 Å². The molecule has 1 aliphatic rings. The average Bonchev–Trinajstić information content (AvgIpc) is 3.40. The first kappa shape index (κ1) is 19.6. The van der Waals surface area contributed by atoms with E-state index in [9.17, 15) is 13.2 Å². The van der Waals surface area contributed by atoms with Gasteiger partial charge in [-0.25, -0.2) is 8.42 Å². The molecule has 0 spiro atoms. The molecule has 4 rings (SSSR count). The average molecular weight is 433 g/mol. The lowest BCUT2D eigenvalue weighted by molar-refractivity contribution is 0.0684. The summed E-state index contributed by atoms with van der Waals surface area (Å²) in [6.07, 6.45) is 3.04. The number of carbonyl (C=O) groups excluding carboxylic acids is 1. The molecule has 1 aromatic carbocycles. The standard InChI is InChI=1S/C19H20N4O4S2/c1-13-5-7-15(8-6-13)22-29(25,26)16-11-14(12-28-16)17-20-21-18(27-17)19(24)23-9-3-2-4-10-23/h5-8,11-12,22H,2-4,9-10H2,1H3. The highest BCUT2D eigenvalue weighted by atomic mass is 32.2. The second-order valence-electron chi connectivity index (χ2n) is 6.89. The van der Waals surface area contributed by atoms with Gasteiger partial charge in [-0.3, -0.25) is 9.52 Å². The number of anilines is 1. The predicted octanol–water partition coefficient (Wildman–Crippen LogP) is 3.53. The minimum Gasteiger partial charge on any atom is -0.412 e. The van der Waals surface area contributed by atoms with Crippen molar-refractivity contribution in [3.63, 3.8) is 0 Å². The number of piperidine rings is 1. The van der Waals surface area contributed by atoms with Crippen LogP contribution < -0.4 is 4.72 Å². The van der Waals surface area contributed by atoms with E-state index in [2.05, 4.69) is 14.9 Å². The first-order chi connectivity index (χ1) is 13.9. The van der Waals surface area contributed by atoms with Crippen molar-refractivity contribution in [3.8, 4) is 11.5 Å². The number of nitrogens with zero attached hydrogens (tertiary/aromatic N) is 3. The fraction of sp³-hybridized carbons (Fsp3) is 0.316. The number of hydrogen-bond acceptors (Lipinski definition) is 7. The topological polar surface area (TPSA) is 105 Å². The van der Waals surface area contributed by atoms with Crippen LogP contribution in [0.2, 0.25) is 0 Å². The third kappa shape index (κ3) is 4.33. The number of benzene rings is 1. The maximum absolute atomic E-state index is 12.6. The second kappa shape index (κ2) is 7.96. The van der Waals surface area contributed by atoms with Crippen molar-refractivity contribution in [2.75, 3.05) is 17.8 Å². The van der Waals surface area contributed by atoms with E-state index in [4.69, 9.17) is 4.42 Å². The Morgan fingerprint density at radius 3 is 2.59 bits per heavy atom. The smallest absolute Gasteiger partial charge is 0.311 e. The number of aromatic nitrogens is 2. The third-order valence-corrected chi connectivity index (χ3v) is 7.46. The van der Waals surface area contributed by atoms with Crippen molar-refractivity contribution < 1.29 is 17.6 Å². The number of rotatable bonds is 5. The number of carbonyl (C=O) groups is 1. The van der Waals surface area contributed by atoms with Crippen LogP contribution >= 0.6 is 11.3 Å². The molecular weight excluding hydrogens is 412 g/mol. The van der Waals surface area contributed by atoms with Crippen LogP contribution in [0.4, 0.5) is 5.69 Å². The zero-order valence-corrected chi connectivity index (χ0v) is 17.4. The largest absolute Gasteiger partial charge is 0.412 e. The summed E-state index contributed by atoms with van der Waals surface area (Å²) in [4.78, 5) is 14.2. The Morgan fingerprint density at radius 1 is 1.14 bits per heavy atom. The van der Waals surface area contributed by atoms with Crippen LogP contribution in [0.25, 0.3) is 11.5 Å². The Hall–Kier alpha value is -2.72. The molecule has 2 aromatic heterocycles. The second-order valence-corrected chi connectivity index (χ2v) is 9.71. The number of nitrogens with one attached hydrogen (secondary N) is 1. The van der Waals surface area contributed by atoms with Crippen LogP contribution in [0.3, 0.4) is 0 Å². The SMILES string of the molecule is Cc1ccc(NS(=O)(=O)c2cc(-c3nnc(C(=O)N4CCCCC4)o3)cs2)cc1. The van der Waals surface area contributed by atoms with Crippen LogP contribution in [-0.4, -0.2) is 42.5 Å². The van der Waals surface area contributed by atoms with E-state index in [1.165, 1.54) is 6.07 Å². The Balaban J connectivity index is 1.51. The minimum atomic E-state index is -3.74. The summed E-state index contributed by atoms with van der Waals surface area (Å²) >= 11 is 1.05. The van der Waals surface area contributed by atoms with E-state index in [-0.39, 0.29) is 21.9 Å². The normalized spacial score (nSPS) is 14.7. The summed E-state index contributed by atoms with van der Waals surface area (Å²) in [5, 5.41) is 9.38. The molecule has 1 N–H and O–H groups in total. The molecule has 8 nitrogen and oxygen atoms in total. The molecule has 3 heterocycles. The molecule has 1 fully saturated rings. The summed E-state index contributed by atoms with van der Waals surface area (Å²) in [6.45, 7) is 3.29. The van der Waals surface area contributed by atoms with E-state index < -0.39 is 10.0 Å². The zero-order valence-electron chi connectivity index (χ0n) is 15.8. The third-order valence-electron chi connectivity index (χ3n) is 4.64. The summed E-state index contributed by atoms with van der Waals surface area (Å²) in [5.41, 5.74) is 1.99. The molecule has 0 aliphatic carbocycles. The van der Waals surface area contributed by atoms with Gasteiger partial charge in [-0.1, -0.05) is 17.7 Å². The van der Waals surface area contributed by atoms with Crippen LogP contribution in [0.5, 0.6) is 0 Å². The van der Waals surface area contributed by atoms with Crippen molar-refractivity contribution in [3.05, 3.63) is 47.2 Å². The van der Waals surface area contributed by atoms with Gasteiger partial charge in [-0.2, -0.15) is 0 Å². The summed E-state index contributed by atoms with van der Waals surface area (Å²) < 4.78 is 33.4. The number of hydrogen-bond donors (Lipinski definition) is 1. The van der Waals surface area contributed by atoms with Crippen molar-refractivity contribution in [1.82, 2.24) is 15.1 Å². The maximum atomic E-state index is 12.6. The predicted molar refractivity (Wildman–Crippen MR) is 109 cm³/mol. The molecule has 0 saturated carbocycles.